The average molecular weight is 1350 g/mol. The number of nitrogens with zero attached hydrogens (tertiary/aromatic N) is 4. The van der Waals surface area contributed by atoms with Crippen molar-refractivity contribution in [3.05, 3.63) is 306 Å². The van der Waals surface area contributed by atoms with Gasteiger partial charge >= 0.3 is 0 Å². The molecule has 2 aliphatic heterocycles. The molecule has 0 bridgehead atoms. The second-order valence-electron chi connectivity index (χ2n) is 32.9. The molecule has 2 aliphatic rings. The molecule has 0 saturated carbocycles. The molecule has 0 fully saturated rings. The maximum absolute atomic E-state index is 10.3. The summed E-state index contributed by atoms with van der Waals surface area (Å²) in [5.74, 6) is 0. The van der Waals surface area contributed by atoms with Gasteiger partial charge in [-0.15, -0.1) is 0 Å². The van der Waals surface area contributed by atoms with Crippen molar-refractivity contribution in [1.82, 2.24) is 9.13 Å². The Balaban J connectivity index is 1.04. The van der Waals surface area contributed by atoms with Crippen molar-refractivity contribution in [3.63, 3.8) is 0 Å². The Kier molecular flexibility index (Phi) is 11.5. The summed E-state index contributed by atoms with van der Waals surface area (Å²) in [4.78, 5) is 4.30. The first-order chi connectivity index (χ1) is 56.0. The van der Waals surface area contributed by atoms with Gasteiger partial charge in [0, 0.05) is 77.9 Å². The molecule has 15 aromatic rings. The van der Waals surface area contributed by atoms with Crippen LogP contribution in [0.4, 0.5) is 34.1 Å². The number of hydrogen-bond donors (Lipinski definition) is 0. The molecular weight excluding hydrogens is 1240 g/mol. The Hall–Kier alpha value is -10.9. The summed E-state index contributed by atoms with van der Waals surface area (Å²) in [6.45, 7) is 29.9. The van der Waals surface area contributed by atoms with Crippen LogP contribution in [-0.2, 0) is 27.1 Å². The minimum absolute atomic E-state index is 0.0180. The van der Waals surface area contributed by atoms with Crippen molar-refractivity contribution in [2.45, 2.75) is 131 Å². The fourth-order valence-electron chi connectivity index (χ4n) is 15.4. The highest BCUT2D eigenvalue weighted by Gasteiger charge is 2.46. The largest absolute Gasteiger partial charge is 0.311 e. The lowest BCUT2D eigenvalue weighted by molar-refractivity contribution is 0.568. The standard InChI is InChI=1S/C98H91BN4/c1-94(2,3)66-52-64(53-67(56-66)95(4,5)6)75-40-30-42-79-77-38-24-28-46-85(77)100(92(75)79)71-48-50-81-87(60-71)102(83-44-26-22-36-73(83)62-32-18-16-19-33-62)89-58-70(98(13,14)15)59-90-91(89)99(81)82-51-49-72(61-88(82)103(90)84-45-27-23-37-74(84)63-34-20-17-21-35-63)101-86-47-29-25-39-78(86)80-43-31-41-76(93(80)101)65-54-68(96(7,8)9)57-69(55-65)97(10,11)12/h16-61H,1-15H3/i16D,17D,18D,19D,20D,21D,32D,33D,34D,35D,52D,53D,54D,55D,56D,57D. The average Bonchev–Trinajstić information content (AvgIpc) is 1.25. The molecule has 13 aromatic carbocycles. The van der Waals surface area contributed by atoms with E-state index in [0.29, 0.717) is 101 Å². The molecule has 0 atom stereocenters. The van der Waals surface area contributed by atoms with E-state index >= 15 is 0 Å². The second kappa shape index (κ2) is 23.9. The van der Waals surface area contributed by atoms with Crippen molar-refractivity contribution in [3.8, 4) is 55.9 Å². The summed E-state index contributed by atoms with van der Waals surface area (Å²) >= 11 is 0. The Morgan fingerprint density at radius 3 is 1.00 bits per heavy atom. The van der Waals surface area contributed by atoms with Crippen LogP contribution in [0, 0.1) is 0 Å². The number of para-hydroxylation sites is 6. The zero-order chi connectivity index (χ0) is 85.3. The van der Waals surface area contributed by atoms with Crippen LogP contribution in [0.3, 0.4) is 0 Å². The van der Waals surface area contributed by atoms with E-state index in [1.807, 2.05) is 156 Å². The summed E-state index contributed by atoms with van der Waals surface area (Å²) in [7, 11) is 0. The van der Waals surface area contributed by atoms with Crippen LogP contribution in [0.2, 0.25) is 0 Å². The molecule has 0 radical (unpaired) electrons. The van der Waals surface area contributed by atoms with Crippen LogP contribution in [0.15, 0.2) is 279 Å². The van der Waals surface area contributed by atoms with Crippen LogP contribution in [0.1, 0.15) is 154 Å². The van der Waals surface area contributed by atoms with E-state index in [4.69, 9.17) is 2.74 Å². The summed E-state index contributed by atoms with van der Waals surface area (Å²) < 4.78 is 159. The summed E-state index contributed by atoms with van der Waals surface area (Å²) in [5.41, 5.74) is 12.7. The third kappa shape index (κ3) is 10.9. The highest BCUT2D eigenvalue weighted by Crippen LogP contribution is 2.52. The van der Waals surface area contributed by atoms with Crippen LogP contribution in [0.5, 0.6) is 0 Å². The van der Waals surface area contributed by atoms with Gasteiger partial charge in [-0.25, -0.2) is 0 Å². The maximum Gasteiger partial charge on any atom is 0.252 e. The number of benzene rings is 13. The van der Waals surface area contributed by atoms with Gasteiger partial charge < -0.3 is 18.9 Å². The smallest absolute Gasteiger partial charge is 0.252 e. The first kappa shape index (κ1) is 49.7. The normalized spacial score (nSPS) is 15.5. The van der Waals surface area contributed by atoms with Crippen LogP contribution >= 0.6 is 0 Å². The first-order valence-corrected chi connectivity index (χ1v) is 35.7. The number of anilines is 6. The molecule has 17 rings (SSSR count). The van der Waals surface area contributed by atoms with E-state index in [1.165, 1.54) is 0 Å². The number of rotatable bonds is 8. The first-order valence-electron chi connectivity index (χ1n) is 43.7. The molecule has 0 saturated heterocycles. The molecule has 5 heteroatoms. The van der Waals surface area contributed by atoms with Crippen molar-refractivity contribution in [2.24, 2.45) is 0 Å². The number of hydrogen-bond acceptors (Lipinski definition) is 2. The molecule has 0 amide bonds. The van der Waals surface area contributed by atoms with Crippen molar-refractivity contribution in [1.29, 1.82) is 0 Å². The SMILES string of the molecule is [2H]c1c([2H])c([2H])c(-c2ccccc2N2c3cc(-n4c5ccccc5c5cccc(-c6c([2H])c(C(C)(C)C)c([2H])c(C(C)(C)C)c6[2H])c54)ccc3B3c4ccc(-n5c6ccccc6c6cccc(-c7c([2H])c(C(C)(C)C)c([2H])c(C(C)(C)C)c7[2H])c65)cc4N(c4ccccc4-c4c([2H])c([2H])c([2H])c([2H])c4[2H])c4cc(C(C)(C)C)cc2c43)c([2H])c1[2H]. The third-order valence-electron chi connectivity index (χ3n) is 20.7. The van der Waals surface area contributed by atoms with Gasteiger partial charge in [-0.2, -0.15) is 0 Å². The highest BCUT2D eigenvalue weighted by molar-refractivity contribution is 7.00. The van der Waals surface area contributed by atoms with Crippen LogP contribution in [0.25, 0.3) is 99.5 Å². The Morgan fingerprint density at radius 2 is 0.621 bits per heavy atom. The van der Waals surface area contributed by atoms with E-state index in [2.05, 4.69) is 125 Å². The number of fused-ring (bicyclic) bond motifs is 10. The van der Waals surface area contributed by atoms with Gasteiger partial charge in [-0.3, -0.25) is 0 Å². The van der Waals surface area contributed by atoms with E-state index in [-0.39, 0.29) is 47.4 Å². The van der Waals surface area contributed by atoms with Gasteiger partial charge in [-0.1, -0.05) is 322 Å². The Morgan fingerprint density at radius 1 is 0.282 bits per heavy atom. The van der Waals surface area contributed by atoms with Gasteiger partial charge in [0.05, 0.1) is 55.4 Å². The summed E-state index contributed by atoms with van der Waals surface area (Å²) in [5, 5.41) is 3.53. The molecule has 4 nitrogen and oxygen atoms in total. The molecule has 0 aliphatic carbocycles. The van der Waals surface area contributed by atoms with E-state index in [1.54, 1.807) is 24.3 Å². The van der Waals surface area contributed by atoms with Gasteiger partial charge in [0.1, 0.15) is 0 Å². The van der Waals surface area contributed by atoms with Gasteiger partial charge in [0.15, 0.2) is 0 Å². The summed E-state index contributed by atoms with van der Waals surface area (Å²) in [6.07, 6.45) is 0. The quantitative estimate of drug-likeness (QED) is 0.141. The number of aromatic nitrogens is 2. The fraction of sp³-hybridized carbons (Fsp3) is 0.204. The molecule has 4 heterocycles. The monoisotopic (exact) mass is 1350 g/mol. The third-order valence-corrected chi connectivity index (χ3v) is 20.7. The maximum atomic E-state index is 10.3. The highest BCUT2D eigenvalue weighted by atomic mass is 15.2. The van der Waals surface area contributed by atoms with Gasteiger partial charge in [0.25, 0.3) is 6.71 Å². The van der Waals surface area contributed by atoms with Gasteiger partial charge in [0.2, 0.25) is 0 Å². The minimum atomic E-state index is -0.684. The zero-order valence-electron chi connectivity index (χ0n) is 77.2. The van der Waals surface area contributed by atoms with Crippen molar-refractivity contribution >= 4 is 101 Å². The van der Waals surface area contributed by atoms with Crippen molar-refractivity contribution < 1.29 is 21.9 Å². The van der Waals surface area contributed by atoms with E-state index in [9.17, 15) is 19.2 Å². The molecule has 0 spiro atoms. The molecule has 506 valence electrons. The minimum Gasteiger partial charge on any atom is -0.311 e. The van der Waals surface area contributed by atoms with Crippen molar-refractivity contribution in [2.75, 3.05) is 9.80 Å². The lowest BCUT2D eigenvalue weighted by Gasteiger charge is -2.46. The zero-order valence-corrected chi connectivity index (χ0v) is 61.2. The fourth-order valence-corrected chi connectivity index (χ4v) is 15.4. The van der Waals surface area contributed by atoms with Crippen LogP contribution in [-0.4, -0.2) is 15.8 Å². The Bertz CT molecular complexity index is 6400. The van der Waals surface area contributed by atoms with E-state index < -0.39 is 94.2 Å². The lowest BCUT2D eigenvalue weighted by atomic mass is 9.33. The molecule has 103 heavy (non-hydrogen) atoms. The lowest BCUT2D eigenvalue weighted by Crippen LogP contribution is -2.61. The predicted octanol–water partition coefficient (Wildman–Crippen LogP) is 25.1. The summed E-state index contributed by atoms with van der Waals surface area (Å²) in [6, 6.07) is 56.4. The predicted molar refractivity (Wildman–Crippen MR) is 444 cm³/mol. The molecular formula is C98H91BN4. The second-order valence-corrected chi connectivity index (χ2v) is 32.9. The molecule has 2 aromatic heterocycles. The van der Waals surface area contributed by atoms with Gasteiger partial charge in [-0.05, 0) is 154 Å². The Labute approximate surface area is 632 Å². The van der Waals surface area contributed by atoms with Crippen LogP contribution < -0.4 is 26.2 Å². The topological polar surface area (TPSA) is 16.3 Å². The van der Waals surface area contributed by atoms with E-state index in [0.717, 1.165) is 65.6 Å². The molecule has 0 unspecified atom stereocenters. The molecule has 0 N–H and O–H groups in total.